The summed E-state index contributed by atoms with van der Waals surface area (Å²) in [4.78, 5) is 9.60. The van der Waals surface area contributed by atoms with E-state index < -0.39 is 5.76 Å². The van der Waals surface area contributed by atoms with Gasteiger partial charge in [-0.15, -0.1) is 0 Å². The predicted octanol–water partition coefficient (Wildman–Crippen LogP) is 4.22. The van der Waals surface area contributed by atoms with Gasteiger partial charge in [0.1, 0.15) is 10.6 Å². The van der Waals surface area contributed by atoms with E-state index >= 15 is 0 Å². The molecule has 6 heteroatoms. The molecule has 2 aliphatic heterocycles. The molecule has 0 unspecified atom stereocenters. The molecular weight excluding hydrogens is 284 g/mol. The second-order valence-corrected chi connectivity index (χ2v) is 6.19. The van der Waals surface area contributed by atoms with Crippen LogP contribution in [-0.2, 0) is 9.53 Å². The molecule has 0 N–H and O–H groups in total. The average Bonchev–Trinajstić information content (AvgIpc) is 2.90. The van der Waals surface area contributed by atoms with Gasteiger partial charge in [0.05, 0.1) is 11.2 Å². The summed E-state index contributed by atoms with van der Waals surface area (Å²) in [5.41, 5.74) is 1.73. The van der Waals surface area contributed by atoms with Crippen molar-refractivity contribution >= 4 is 29.1 Å². The molecule has 0 aliphatic carbocycles. The van der Waals surface area contributed by atoms with Gasteiger partial charge in [0.25, 0.3) is 12.2 Å². The number of halogens is 2. The summed E-state index contributed by atoms with van der Waals surface area (Å²) in [5.74, 6) is -2.32. The topological polar surface area (TPSA) is 31.2 Å². The smallest absolute Gasteiger partial charge is 0.293 e. The molecule has 0 atom stereocenters. The zero-order valence-corrected chi connectivity index (χ0v) is 12.2. The lowest BCUT2D eigenvalue weighted by Gasteiger charge is -2.14. The Morgan fingerprint density at radius 2 is 1.95 bits per heavy atom. The van der Waals surface area contributed by atoms with E-state index in [4.69, 9.17) is 0 Å². The minimum absolute atomic E-state index is 0.318. The van der Waals surface area contributed by atoms with Crippen molar-refractivity contribution in [2.45, 2.75) is 37.2 Å². The third-order valence-corrected chi connectivity index (χ3v) is 3.36. The summed E-state index contributed by atoms with van der Waals surface area (Å²) in [6, 6.07) is 7.74. The van der Waals surface area contributed by atoms with Crippen LogP contribution in [0.4, 0.5) is 8.78 Å². The molecule has 0 spiro atoms. The number of ether oxygens (including phenoxy) is 1. The van der Waals surface area contributed by atoms with E-state index in [1.54, 1.807) is 0 Å². The third kappa shape index (κ3) is 3.12. The zero-order valence-electron chi connectivity index (χ0n) is 11.4. The van der Waals surface area contributed by atoms with Crippen LogP contribution in [0.25, 0.3) is 16.6 Å². The van der Waals surface area contributed by atoms with E-state index in [2.05, 4.69) is 4.74 Å². The standard InChI is InChI=1S/C9H5F2NS.C5H10O2/c10-9(11)13-8-7-5-3-1-2-4-6(5)12(7)8;1-5(2,3)7-4-6/h1-4,9H;4H,1-3H3. The lowest BCUT2D eigenvalue weighted by atomic mass is 10.2. The van der Waals surface area contributed by atoms with Gasteiger partial charge in [-0.25, -0.2) is 0 Å². The normalized spacial score (nSPS) is 12.1. The van der Waals surface area contributed by atoms with E-state index in [9.17, 15) is 13.6 Å². The fourth-order valence-electron chi connectivity index (χ4n) is 1.77. The highest BCUT2D eigenvalue weighted by Gasteiger charge is 2.34. The number of alkyl halides is 2. The van der Waals surface area contributed by atoms with E-state index in [1.807, 2.05) is 49.6 Å². The lowest BCUT2D eigenvalue weighted by molar-refractivity contribution is -0.138. The van der Waals surface area contributed by atoms with Gasteiger partial charge in [-0.1, -0.05) is 18.2 Å². The van der Waals surface area contributed by atoms with Crippen LogP contribution in [0.1, 0.15) is 20.8 Å². The second-order valence-electron chi connectivity index (χ2n) is 5.21. The first kappa shape index (κ1) is 14.8. The van der Waals surface area contributed by atoms with E-state index in [0.29, 0.717) is 18.2 Å². The molecule has 0 amide bonds. The Bertz CT molecular complexity index is 593. The van der Waals surface area contributed by atoms with E-state index in [-0.39, 0.29) is 5.60 Å². The molecule has 3 rings (SSSR count). The molecule has 0 fully saturated rings. The first-order valence-electron chi connectivity index (χ1n) is 6.05. The summed E-state index contributed by atoms with van der Waals surface area (Å²) in [7, 11) is 0. The van der Waals surface area contributed by atoms with Crippen LogP contribution in [0.15, 0.2) is 29.3 Å². The summed E-state index contributed by atoms with van der Waals surface area (Å²) < 4.78 is 30.5. The predicted molar refractivity (Wildman–Crippen MR) is 75.6 cm³/mol. The van der Waals surface area contributed by atoms with Gasteiger partial charge >= 0.3 is 0 Å². The van der Waals surface area contributed by atoms with Crippen molar-refractivity contribution in [3.63, 3.8) is 0 Å². The molecule has 3 nitrogen and oxygen atoms in total. The molecule has 20 heavy (non-hydrogen) atoms. The largest absolute Gasteiger partial charge is 0.462 e. The number of rotatable bonds is 3. The number of nitrogens with zero attached hydrogens (tertiary/aromatic N) is 1. The van der Waals surface area contributed by atoms with Crippen molar-refractivity contribution in [1.82, 2.24) is 4.57 Å². The van der Waals surface area contributed by atoms with Gasteiger partial charge in [0.15, 0.2) is 0 Å². The SMILES string of the molecule is CC(C)(C)OC=O.FC(F)Sc1c2c3ccccc3n1-2. The number of carbonyl (C=O) groups excluding carboxylic acids is 1. The Morgan fingerprint density at radius 1 is 1.30 bits per heavy atom. The highest BCUT2D eigenvalue weighted by molar-refractivity contribution is 7.99. The maximum Gasteiger partial charge on any atom is 0.293 e. The van der Waals surface area contributed by atoms with E-state index in [1.165, 1.54) is 0 Å². The maximum absolute atomic E-state index is 12.0. The first-order valence-corrected chi connectivity index (χ1v) is 6.93. The van der Waals surface area contributed by atoms with Crippen molar-refractivity contribution in [1.29, 1.82) is 0 Å². The van der Waals surface area contributed by atoms with Crippen molar-refractivity contribution in [2.75, 3.05) is 0 Å². The molecule has 2 heterocycles. The van der Waals surface area contributed by atoms with Crippen molar-refractivity contribution in [3.05, 3.63) is 24.3 Å². The molecule has 1 aromatic carbocycles. The number of benzene rings is 1. The Hall–Kier alpha value is -1.56. The molecule has 0 saturated heterocycles. The molecule has 1 aromatic rings. The fourth-order valence-corrected chi connectivity index (χ4v) is 2.50. The first-order chi connectivity index (χ1) is 9.35. The van der Waals surface area contributed by atoms with Crippen LogP contribution in [0, 0.1) is 0 Å². The number of aromatic nitrogens is 1. The molecule has 0 saturated carbocycles. The number of carbonyl (C=O) groups is 1. The van der Waals surface area contributed by atoms with Gasteiger partial charge < -0.3 is 4.74 Å². The van der Waals surface area contributed by atoms with Crippen LogP contribution in [0.3, 0.4) is 0 Å². The highest BCUT2D eigenvalue weighted by atomic mass is 32.2. The van der Waals surface area contributed by atoms with Gasteiger partial charge in [-0.3, -0.25) is 9.36 Å². The van der Waals surface area contributed by atoms with Gasteiger partial charge in [0.2, 0.25) is 0 Å². The molecule has 0 radical (unpaired) electrons. The van der Waals surface area contributed by atoms with Crippen LogP contribution >= 0.6 is 11.8 Å². The van der Waals surface area contributed by atoms with Crippen LogP contribution in [-0.4, -0.2) is 22.4 Å². The minimum Gasteiger partial charge on any atom is -0.462 e. The Kier molecular flexibility index (Phi) is 4.04. The van der Waals surface area contributed by atoms with Gasteiger partial charge in [0, 0.05) is 5.39 Å². The second kappa shape index (κ2) is 5.44. The number of thioether (sulfide) groups is 1. The lowest BCUT2D eigenvalue weighted by Crippen LogP contribution is -2.17. The van der Waals surface area contributed by atoms with Crippen molar-refractivity contribution in [2.24, 2.45) is 0 Å². The molecular formula is C14H15F2NO2S. The summed E-state index contributed by atoms with van der Waals surface area (Å²) in [5, 5.41) is 1.82. The molecule has 2 aliphatic rings. The third-order valence-electron chi connectivity index (χ3n) is 2.58. The van der Waals surface area contributed by atoms with Gasteiger partial charge in [-0.05, 0) is 38.6 Å². The van der Waals surface area contributed by atoms with Crippen LogP contribution in [0.5, 0.6) is 0 Å². The fraction of sp³-hybridized carbons (Fsp3) is 0.357. The number of hydrogen-bond acceptors (Lipinski definition) is 3. The number of para-hydroxylation sites is 1. The summed E-state index contributed by atoms with van der Waals surface area (Å²) in [6.45, 7) is 5.92. The van der Waals surface area contributed by atoms with Crippen LogP contribution < -0.4 is 0 Å². The minimum atomic E-state index is -2.32. The highest BCUT2D eigenvalue weighted by Crippen LogP contribution is 2.51. The summed E-state index contributed by atoms with van der Waals surface area (Å²) >= 11 is 0.628. The van der Waals surface area contributed by atoms with E-state index in [0.717, 1.165) is 21.6 Å². The van der Waals surface area contributed by atoms with Crippen molar-refractivity contribution in [3.8, 4) is 5.69 Å². The Morgan fingerprint density at radius 3 is 2.40 bits per heavy atom. The Balaban J connectivity index is 0.000000182. The number of fused-ring (bicyclic) bond motifs is 4. The molecule has 0 aromatic heterocycles. The zero-order chi connectivity index (χ0) is 14.9. The van der Waals surface area contributed by atoms with Crippen molar-refractivity contribution < 1.29 is 18.3 Å². The maximum atomic E-state index is 12.0. The number of hydrogen-bond donors (Lipinski definition) is 0. The molecule has 108 valence electrons. The summed E-state index contributed by atoms with van der Waals surface area (Å²) in [6.07, 6.45) is 0. The van der Waals surface area contributed by atoms with Gasteiger partial charge in [-0.2, -0.15) is 8.78 Å². The Labute approximate surface area is 119 Å². The quantitative estimate of drug-likeness (QED) is 0.536. The monoisotopic (exact) mass is 299 g/mol. The molecule has 0 bridgehead atoms. The average molecular weight is 299 g/mol. The van der Waals surface area contributed by atoms with Crippen LogP contribution in [0.2, 0.25) is 0 Å².